The third-order valence-electron chi connectivity index (χ3n) is 7.00. The van der Waals surface area contributed by atoms with Gasteiger partial charge in [0.15, 0.2) is 5.78 Å². The molecule has 1 aliphatic carbocycles. The van der Waals surface area contributed by atoms with Crippen molar-refractivity contribution < 1.29 is 14.4 Å². The van der Waals surface area contributed by atoms with Crippen LogP contribution in [-0.2, 0) is 22.4 Å². The molecule has 1 aromatic carbocycles. The maximum atomic E-state index is 13.2. The molecule has 0 spiro atoms. The van der Waals surface area contributed by atoms with Crippen LogP contribution in [-0.4, -0.2) is 17.3 Å². The molecule has 0 amide bonds. The van der Waals surface area contributed by atoms with Crippen LogP contribution in [0, 0.1) is 30.6 Å². The lowest BCUT2D eigenvalue weighted by Crippen LogP contribution is -2.30. The summed E-state index contributed by atoms with van der Waals surface area (Å²) >= 11 is 0. The predicted molar refractivity (Wildman–Crippen MR) is 144 cm³/mol. The molecule has 0 saturated carbocycles. The number of fused-ring (bicyclic) bond motifs is 1. The molecule has 1 aromatic rings. The average molecular weight is 471 g/mol. The maximum Gasteiger partial charge on any atom is 0.163 e. The standard InChI is InChI=1S/C28H42O3.C3H8/c1-7-9-23(24(8-2)26(30)14-20(6)29)15-21-16-25-22(12-10-18(3)4)13-11-19(5)28(25)27(31)17-21;1-3-2/h11,13,18,21,23-24H,7-10,12,14-17H2,1-6H3;3H2,1-2H3. The topological polar surface area (TPSA) is 51.2 Å². The highest BCUT2D eigenvalue weighted by Gasteiger charge is 2.33. The number of aryl methyl sites for hydroxylation is 2. The average Bonchev–Trinajstić information content (AvgIpc) is 2.73. The van der Waals surface area contributed by atoms with Crippen molar-refractivity contribution in [3.05, 3.63) is 34.4 Å². The Bertz CT molecular complexity index is 805. The van der Waals surface area contributed by atoms with Gasteiger partial charge in [-0.05, 0) is 80.4 Å². The van der Waals surface area contributed by atoms with Crippen LogP contribution in [0.4, 0.5) is 0 Å². The summed E-state index contributed by atoms with van der Waals surface area (Å²) in [5.74, 6) is 1.42. The Hall–Kier alpha value is -1.77. The highest BCUT2D eigenvalue weighted by atomic mass is 16.1. The monoisotopic (exact) mass is 470 g/mol. The zero-order valence-corrected chi connectivity index (χ0v) is 23.3. The summed E-state index contributed by atoms with van der Waals surface area (Å²) in [5, 5.41) is 0. The number of carbonyl (C=O) groups is 3. The number of benzene rings is 1. The van der Waals surface area contributed by atoms with Gasteiger partial charge in [-0.3, -0.25) is 14.4 Å². The Morgan fingerprint density at radius 2 is 1.68 bits per heavy atom. The highest BCUT2D eigenvalue weighted by molar-refractivity contribution is 6.00. The van der Waals surface area contributed by atoms with Gasteiger partial charge in [-0.25, -0.2) is 0 Å². The number of rotatable bonds is 12. The summed E-state index contributed by atoms with van der Waals surface area (Å²) in [6.07, 6.45) is 8.64. The number of carbonyl (C=O) groups excluding carboxylic acids is 3. The largest absolute Gasteiger partial charge is 0.300 e. The second-order valence-electron chi connectivity index (χ2n) is 10.9. The second kappa shape index (κ2) is 15.3. The highest BCUT2D eigenvalue weighted by Crippen LogP contribution is 2.38. The Kier molecular flexibility index (Phi) is 13.6. The fraction of sp³-hybridized carbons (Fsp3) is 0.710. The molecule has 0 aromatic heterocycles. The van der Waals surface area contributed by atoms with Crippen LogP contribution in [0.3, 0.4) is 0 Å². The van der Waals surface area contributed by atoms with Crippen molar-refractivity contribution in [1.29, 1.82) is 0 Å². The molecule has 34 heavy (non-hydrogen) atoms. The molecule has 192 valence electrons. The fourth-order valence-corrected chi connectivity index (χ4v) is 5.48. The molecule has 1 aliphatic rings. The molecule has 3 heteroatoms. The van der Waals surface area contributed by atoms with E-state index < -0.39 is 0 Å². The van der Waals surface area contributed by atoms with E-state index in [2.05, 4.69) is 60.6 Å². The first-order chi connectivity index (χ1) is 16.1. The van der Waals surface area contributed by atoms with Crippen LogP contribution in [0.15, 0.2) is 12.1 Å². The van der Waals surface area contributed by atoms with Gasteiger partial charge >= 0.3 is 0 Å². The van der Waals surface area contributed by atoms with Gasteiger partial charge in [0.1, 0.15) is 11.6 Å². The molecule has 0 bridgehead atoms. The first-order valence-electron chi connectivity index (χ1n) is 13.8. The van der Waals surface area contributed by atoms with E-state index in [9.17, 15) is 14.4 Å². The van der Waals surface area contributed by atoms with Crippen molar-refractivity contribution in [2.75, 3.05) is 0 Å². The molecule has 0 N–H and O–H groups in total. The molecule has 3 atom stereocenters. The van der Waals surface area contributed by atoms with E-state index in [0.717, 1.165) is 56.1 Å². The summed E-state index contributed by atoms with van der Waals surface area (Å²) in [5.41, 5.74) is 4.66. The van der Waals surface area contributed by atoms with Gasteiger partial charge in [0.05, 0.1) is 6.42 Å². The normalized spacial score (nSPS) is 17.0. The van der Waals surface area contributed by atoms with Gasteiger partial charge < -0.3 is 0 Å². The van der Waals surface area contributed by atoms with E-state index in [1.807, 2.05) is 0 Å². The predicted octanol–water partition coefficient (Wildman–Crippen LogP) is 8.13. The van der Waals surface area contributed by atoms with Crippen molar-refractivity contribution in [2.45, 2.75) is 120 Å². The van der Waals surface area contributed by atoms with E-state index in [4.69, 9.17) is 0 Å². The van der Waals surface area contributed by atoms with Crippen molar-refractivity contribution >= 4 is 17.3 Å². The number of Topliss-reactive ketones (excluding diaryl/α,β-unsaturated/α-hetero) is 3. The van der Waals surface area contributed by atoms with Crippen molar-refractivity contribution in [2.24, 2.45) is 23.7 Å². The zero-order valence-electron chi connectivity index (χ0n) is 23.3. The Morgan fingerprint density at radius 3 is 2.21 bits per heavy atom. The van der Waals surface area contributed by atoms with Gasteiger partial charge in [-0.15, -0.1) is 0 Å². The fourth-order valence-electron chi connectivity index (χ4n) is 5.48. The Balaban J connectivity index is 0.00000182. The third-order valence-corrected chi connectivity index (χ3v) is 7.00. The lowest BCUT2D eigenvalue weighted by Gasteiger charge is -2.32. The minimum atomic E-state index is -0.0710. The lowest BCUT2D eigenvalue weighted by molar-refractivity contribution is -0.129. The quantitative estimate of drug-likeness (QED) is 0.290. The molecular weight excluding hydrogens is 420 g/mol. The molecule has 0 aliphatic heterocycles. The Labute approximate surface area is 209 Å². The van der Waals surface area contributed by atoms with Crippen LogP contribution in [0.2, 0.25) is 0 Å². The third kappa shape index (κ3) is 9.12. The van der Waals surface area contributed by atoms with Gasteiger partial charge in [-0.2, -0.15) is 0 Å². The number of hydrogen-bond acceptors (Lipinski definition) is 3. The molecule has 0 heterocycles. The van der Waals surface area contributed by atoms with Crippen molar-refractivity contribution in [3.63, 3.8) is 0 Å². The van der Waals surface area contributed by atoms with Crippen molar-refractivity contribution in [3.8, 4) is 0 Å². The lowest BCUT2D eigenvalue weighted by atomic mass is 9.71. The molecule has 3 unspecified atom stereocenters. The second-order valence-corrected chi connectivity index (χ2v) is 10.9. The van der Waals surface area contributed by atoms with E-state index in [-0.39, 0.29) is 41.5 Å². The van der Waals surface area contributed by atoms with Crippen molar-refractivity contribution in [1.82, 2.24) is 0 Å². The summed E-state index contributed by atoms with van der Waals surface area (Å²) in [4.78, 5) is 37.5. The molecule has 0 saturated heterocycles. The first-order valence-corrected chi connectivity index (χ1v) is 13.8. The molecule has 0 fully saturated rings. The van der Waals surface area contributed by atoms with E-state index in [0.29, 0.717) is 12.3 Å². The molecule has 0 radical (unpaired) electrons. The minimum absolute atomic E-state index is 0.0453. The van der Waals surface area contributed by atoms with Gasteiger partial charge in [0, 0.05) is 17.9 Å². The van der Waals surface area contributed by atoms with Gasteiger partial charge in [-0.1, -0.05) is 72.9 Å². The summed E-state index contributed by atoms with van der Waals surface area (Å²) in [6.45, 7) is 16.5. The molecule has 3 nitrogen and oxygen atoms in total. The van der Waals surface area contributed by atoms with Gasteiger partial charge in [0.25, 0.3) is 0 Å². The molecule has 2 rings (SSSR count). The van der Waals surface area contributed by atoms with Crippen LogP contribution >= 0.6 is 0 Å². The van der Waals surface area contributed by atoms with E-state index in [1.165, 1.54) is 24.5 Å². The minimum Gasteiger partial charge on any atom is -0.300 e. The number of hydrogen-bond donors (Lipinski definition) is 0. The van der Waals surface area contributed by atoms with Gasteiger partial charge in [0.2, 0.25) is 0 Å². The molecular formula is C31H50O3. The van der Waals surface area contributed by atoms with Crippen LogP contribution in [0.25, 0.3) is 0 Å². The summed E-state index contributed by atoms with van der Waals surface area (Å²) in [6, 6.07) is 4.33. The zero-order chi connectivity index (χ0) is 25.8. The smallest absolute Gasteiger partial charge is 0.163 e. The Morgan fingerprint density at radius 1 is 1.03 bits per heavy atom. The summed E-state index contributed by atoms with van der Waals surface area (Å²) < 4.78 is 0. The van der Waals surface area contributed by atoms with Crippen LogP contribution in [0.5, 0.6) is 0 Å². The maximum absolute atomic E-state index is 13.2. The number of ketones is 3. The van der Waals surface area contributed by atoms with E-state index >= 15 is 0 Å². The SMILES string of the molecule is CCC.CCCC(CC1CC(=O)c2c(C)ccc(CCC(C)C)c2C1)C(CC)C(=O)CC(C)=O. The first kappa shape index (κ1) is 30.3. The van der Waals surface area contributed by atoms with Crippen LogP contribution in [0.1, 0.15) is 127 Å². The summed E-state index contributed by atoms with van der Waals surface area (Å²) in [7, 11) is 0. The van der Waals surface area contributed by atoms with E-state index in [1.54, 1.807) is 0 Å². The van der Waals surface area contributed by atoms with Crippen LogP contribution < -0.4 is 0 Å².